The molecule has 0 aliphatic carbocycles. The van der Waals surface area contributed by atoms with Crippen molar-refractivity contribution in [3.05, 3.63) is 35.4 Å². The fraction of sp³-hybridized carbons (Fsp3) is 0.222. The Balaban J connectivity index is 0.00000312. The average molecular weight is 403 g/mol. The number of halogens is 2. The van der Waals surface area contributed by atoms with Gasteiger partial charge in [-0.25, -0.2) is 0 Å². The van der Waals surface area contributed by atoms with Crippen molar-refractivity contribution in [1.82, 2.24) is 0 Å². The van der Waals surface area contributed by atoms with Gasteiger partial charge in [0.15, 0.2) is 11.5 Å². The topological polar surface area (TPSA) is 89.0 Å². The number of hydrogen-bond donors (Lipinski definition) is 2. The van der Waals surface area contributed by atoms with Gasteiger partial charge in [0.25, 0.3) is 0 Å². The molecule has 6 nitrogen and oxygen atoms in total. The van der Waals surface area contributed by atoms with E-state index in [4.69, 9.17) is 30.4 Å². The summed E-state index contributed by atoms with van der Waals surface area (Å²) < 4.78 is 21.2. The first-order chi connectivity index (χ1) is 11.5. The van der Waals surface area contributed by atoms with Crippen LogP contribution in [0.25, 0.3) is 12.2 Å². The van der Waals surface area contributed by atoms with Gasteiger partial charge in [0.1, 0.15) is 5.75 Å². The van der Waals surface area contributed by atoms with E-state index >= 15 is 0 Å². The van der Waals surface area contributed by atoms with Crippen LogP contribution < -0.4 is 30.4 Å². The molecular weight excluding hydrogens is 379 g/mol. The molecule has 8 heteroatoms. The highest BCUT2D eigenvalue weighted by atomic mass is 35.5. The lowest BCUT2D eigenvalue weighted by Gasteiger charge is -2.13. The largest absolute Gasteiger partial charge is 0.495 e. The van der Waals surface area contributed by atoms with Crippen molar-refractivity contribution < 1.29 is 18.9 Å². The Morgan fingerprint density at radius 1 is 0.654 bits per heavy atom. The van der Waals surface area contributed by atoms with Gasteiger partial charge in [-0.2, -0.15) is 0 Å². The molecule has 0 fully saturated rings. The number of methoxy groups -OCH3 is 4. The van der Waals surface area contributed by atoms with Crippen LogP contribution in [0.4, 0.5) is 11.4 Å². The molecule has 4 N–H and O–H groups in total. The van der Waals surface area contributed by atoms with Gasteiger partial charge >= 0.3 is 0 Å². The van der Waals surface area contributed by atoms with E-state index in [1.165, 1.54) is 0 Å². The zero-order chi connectivity index (χ0) is 17.7. The summed E-state index contributed by atoms with van der Waals surface area (Å²) in [6.45, 7) is 0. The molecule has 2 aromatic rings. The predicted octanol–water partition coefficient (Wildman–Crippen LogP) is 3.90. The SMILES string of the molecule is COc1cc(N)c(/C=C\c2cc(OC)c(OC)c(OC)c2)cc1N.Cl.Cl. The molecule has 0 aromatic heterocycles. The lowest BCUT2D eigenvalue weighted by Crippen LogP contribution is -1.97. The van der Waals surface area contributed by atoms with Crippen LogP contribution in [0.5, 0.6) is 23.0 Å². The molecule has 0 saturated heterocycles. The van der Waals surface area contributed by atoms with Crippen molar-refractivity contribution in [2.75, 3.05) is 39.9 Å². The highest BCUT2D eigenvalue weighted by molar-refractivity contribution is 5.85. The molecule has 0 saturated carbocycles. The van der Waals surface area contributed by atoms with Gasteiger partial charge in [-0.1, -0.05) is 12.2 Å². The molecule has 0 radical (unpaired) electrons. The Kier molecular flexibility index (Phi) is 9.54. The van der Waals surface area contributed by atoms with E-state index < -0.39 is 0 Å². The third-order valence-electron chi connectivity index (χ3n) is 3.58. The maximum Gasteiger partial charge on any atom is 0.203 e. The van der Waals surface area contributed by atoms with E-state index in [0.29, 0.717) is 34.4 Å². The van der Waals surface area contributed by atoms with Gasteiger partial charge in [0.05, 0.1) is 34.1 Å². The second-order valence-corrected chi connectivity index (χ2v) is 5.02. The summed E-state index contributed by atoms with van der Waals surface area (Å²) >= 11 is 0. The van der Waals surface area contributed by atoms with Gasteiger partial charge in [0, 0.05) is 11.8 Å². The summed E-state index contributed by atoms with van der Waals surface area (Å²) in [6, 6.07) is 7.16. The minimum absolute atomic E-state index is 0. The van der Waals surface area contributed by atoms with E-state index in [0.717, 1.165) is 11.1 Å². The first kappa shape index (κ1) is 23.6. The summed E-state index contributed by atoms with van der Waals surface area (Å²) in [5.74, 6) is 2.26. The van der Waals surface area contributed by atoms with Crippen LogP contribution in [0.1, 0.15) is 11.1 Å². The minimum Gasteiger partial charge on any atom is -0.495 e. The Morgan fingerprint density at radius 2 is 1.19 bits per heavy atom. The van der Waals surface area contributed by atoms with Crippen LogP contribution in [0.15, 0.2) is 24.3 Å². The van der Waals surface area contributed by atoms with E-state index in [1.807, 2.05) is 24.3 Å². The molecule has 0 bridgehead atoms. The fourth-order valence-electron chi connectivity index (χ4n) is 2.33. The van der Waals surface area contributed by atoms with Gasteiger partial charge in [-0.3, -0.25) is 0 Å². The van der Waals surface area contributed by atoms with Crippen molar-refractivity contribution >= 4 is 48.3 Å². The maximum atomic E-state index is 6.03. The number of ether oxygens (including phenoxy) is 4. The second-order valence-electron chi connectivity index (χ2n) is 5.02. The van der Waals surface area contributed by atoms with Crippen molar-refractivity contribution in [3.63, 3.8) is 0 Å². The van der Waals surface area contributed by atoms with Gasteiger partial charge in [-0.15, -0.1) is 24.8 Å². The first-order valence-electron chi connectivity index (χ1n) is 7.25. The molecule has 0 amide bonds. The van der Waals surface area contributed by atoms with Crippen LogP contribution in [-0.4, -0.2) is 28.4 Å². The minimum atomic E-state index is 0. The van der Waals surface area contributed by atoms with Crippen LogP contribution in [-0.2, 0) is 0 Å². The number of nitrogens with two attached hydrogens (primary N) is 2. The lowest BCUT2D eigenvalue weighted by atomic mass is 10.1. The molecule has 0 aliphatic heterocycles. The van der Waals surface area contributed by atoms with Crippen LogP contribution in [0.2, 0.25) is 0 Å². The molecule has 0 atom stereocenters. The van der Waals surface area contributed by atoms with E-state index in [1.54, 1.807) is 40.6 Å². The number of benzene rings is 2. The first-order valence-corrected chi connectivity index (χ1v) is 7.25. The quantitative estimate of drug-likeness (QED) is 0.562. The molecule has 0 heterocycles. The Morgan fingerprint density at radius 3 is 1.65 bits per heavy atom. The summed E-state index contributed by atoms with van der Waals surface area (Å²) in [6.07, 6.45) is 3.76. The molecular formula is C18H24Cl2N2O4. The highest BCUT2D eigenvalue weighted by Crippen LogP contribution is 2.38. The van der Waals surface area contributed by atoms with Crippen molar-refractivity contribution in [2.24, 2.45) is 0 Å². The number of hydrogen-bond acceptors (Lipinski definition) is 6. The third-order valence-corrected chi connectivity index (χ3v) is 3.58. The summed E-state index contributed by atoms with van der Waals surface area (Å²) in [5.41, 5.74) is 14.7. The second kappa shape index (κ2) is 10.5. The molecule has 26 heavy (non-hydrogen) atoms. The van der Waals surface area contributed by atoms with Crippen molar-refractivity contribution in [2.45, 2.75) is 0 Å². The zero-order valence-electron chi connectivity index (χ0n) is 15.1. The Bertz CT molecular complexity index is 742. The third kappa shape index (κ3) is 5.03. The number of rotatable bonds is 6. The normalized spacial score (nSPS) is 9.85. The average Bonchev–Trinajstić information content (AvgIpc) is 2.60. The molecule has 2 aromatic carbocycles. The Hall–Kier alpha value is -2.44. The van der Waals surface area contributed by atoms with Gasteiger partial charge in [0.2, 0.25) is 5.75 Å². The molecule has 0 spiro atoms. The van der Waals surface area contributed by atoms with Crippen LogP contribution >= 0.6 is 24.8 Å². The predicted molar refractivity (Wildman–Crippen MR) is 111 cm³/mol. The van der Waals surface area contributed by atoms with Gasteiger partial charge in [-0.05, 0) is 29.3 Å². The summed E-state index contributed by atoms with van der Waals surface area (Å²) in [4.78, 5) is 0. The monoisotopic (exact) mass is 402 g/mol. The maximum absolute atomic E-state index is 6.03. The standard InChI is InChI=1S/C18H22N2O4.2ClH/c1-21-15-10-13(19)12(9-14(15)20)6-5-11-7-16(22-2)18(24-4)17(8-11)23-3;;/h5-10H,19-20H2,1-4H3;2*1H/b6-5-;;. The fourth-order valence-corrected chi connectivity index (χ4v) is 2.33. The van der Waals surface area contributed by atoms with Crippen molar-refractivity contribution in [1.29, 1.82) is 0 Å². The molecule has 144 valence electrons. The zero-order valence-corrected chi connectivity index (χ0v) is 16.7. The van der Waals surface area contributed by atoms with E-state index in [9.17, 15) is 0 Å². The van der Waals surface area contributed by atoms with E-state index in [-0.39, 0.29) is 24.8 Å². The molecule has 2 rings (SSSR count). The summed E-state index contributed by atoms with van der Waals surface area (Å²) in [5, 5.41) is 0. The van der Waals surface area contributed by atoms with Crippen LogP contribution in [0, 0.1) is 0 Å². The Labute approximate surface area is 165 Å². The molecule has 0 unspecified atom stereocenters. The number of nitrogen functional groups attached to an aromatic ring is 2. The highest BCUT2D eigenvalue weighted by Gasteiger charge is 2.12. The lowest BCUT2D eigenvalue weighted by molar-refractivity contribution is 0.324. The summed E-state index contributed by atoms with van der Waals surface area (Å²) in [7, 11) is 6.27. The number of anilines is 2. The molecule has 0 aliphatic rings. The smallest absolute Gasteiger partial charge is 0.203 e. The van der Waals surface area contributed by atoms with Crippen molar-refractivity contribution in [3.8, 4) is 23.0 Å². The van der Waals surface area contributed by atoms with Gasteiger partial charge < -0.3 is 30.4 Å². The van der Waals surface area contributed by atoms with Crippen LogP contribution in [0.3, 0.4) is 0 Å². The van der Waals surface area contributed by atoms with E-state index in [2.05, 4.69) is 0 Å².